The molecule has 0 saturated heterocycles. The minimum atomic E-state index is -0.618. The van der Waals surface area contributed by atoms with Gasteiger partial charge >= 0.3 is 0 Å². The van der Waals surface area contributed by atoms with Crippen LogP contribution in [-0.2, 0) is 13.1 Å². The van der Waals surface area contributed by atoms with Gasteiger partial charge in [0.25, 0.3) is 0 Å². The van der Waals surface area contributed by atoms with E-state index in [4.69, 9.17) is 0 Å². The zero-order chi connectivity index (χ0) is 15.7. The van der Waals surface area contributed by atoms with Crippen molar-refractivity contribution in [2.45, 2.75) is 65.3 Å². The highest BCUT2D eigenvalue weighted by Crippen LogP contribution is 2.20. The van der Waals surface area contributed by atoms with Crippen LogP contribution in [0.4, 0.5) is 0 Å². The molecule has 3 nitrogen and oxygen atoms in total. The summed E-state index contributed by atoms with van der Waals surface area (Å²) in [5.74, 6) is 0. The van der Waals surface area contributed by atoms with Crippen LogP contribution >= 0.6 is 0 Å². The Labute approximate surface area is 128 Å². The molecule has 116 valence electrons. The molecule has 0 saturated carbocycles. The third kappa shape index (κ3) is 4.87. The summed E-state index contributed by atoms with van der Waals surface area (Å²) in [5, 5.41) is 14.6. The Morgan fingerprint density at radius 2 is 1.81 bits per heavy atom. The van der Waals surface area contributed by atoms with Crippen LogP contribution in [0, 0.1) is 0 Å². The number of aliphatic hydroxyl groups is 1. The lowest BCUT2D eigenvalue weighted by Crippen LogP contribution is -2.35. The third-order valence-corrected chi connectivity index (χ3v) is 3.62. The molecule has 1 aromatic heterocycles. The van der Waals surface area contributed by atoms with Gasteiger partial charge in [-0.15, -0.1) is 0 Å². The van der Waals surface area contributed by atoms with Crippen LogP contribution in [0.25, 0.3) is 10.9 Å². The fourth-order valence-corrected chi connectivity index (χ4v) is 2.32. The molecule has 2 rings (SSSR count). The second kappa shape index (κ2) is 5.82. The molecule has 0 atom stereocenters. The van der Waals surface area contributed by atoms with E-state index >= 15 is 0 Å². The molecule has 1 aromatic carbocycles. The molecule has 0 bridgehead atoms. The summed E-state index contributed by atoms with van der Waals surface area (Å²) in [5.41, 5.74) is 2.05. The van der Waals surface area contributed by atoms with Gasteiger partial charge in [-0.1, -0.05) is 6.07 Å². The molecule has 0 radical (unpaired) electrons. The molecular weight excluding hydrogens is 260 g/mol. The van der Waals surface area contributed by atoms with E-state index in [0.717, 1.165) is 19.5 Å². The number of hydrogen-bond acceptors (Lipinski definition) is 2. The smallest absolute Gasteiger partial charge is 0.0608 e. The van der Waals surface area contributed by atoms with E-state index in [1.165, 1.54) is 16.5 Å². The molecule has 1 heterocycles. The highest BCUT2D eigenvalue weighted by atomic mass is 16.3. The van der Waals surface area contributed by atoms with E-state index in [0.29, 0.717) is 0 Å². The van der Waals surface area contributed by atoms with E-state index in [1.807, 2.05) is 13.8 Å². The summed E-state index contributed by atoms with van der Waals surface area (Å²) < 4.78 is 2.22. The van der Waals surface area contributed by atoms with E-state index in [2.05, 4.69) is 61.1 Å². The van der Waals surface area contributed by atoms with Gasteiger partial charge in [0.2, 0.25) is 0 Å². The van der Waals surface area contributed by atoms with Crippen LogP contribution in [-0.4, -0.2) is 20.8 Å². The van der Waals surface area contributed by atoms with Gasteiger partial charge in [-0.05, 0) is 70.2 Å². The fraction of sp³-hybridized carbons (Fsp3) is 0.556. The molecule has 0 amide bonds. The molecule has 3 heteroatoms. The lowest BCUT2D eigenvalue weighted by atomic mass is 10.1. The van der Waals surface area contributed by atoms with Gasteiger partial charge in [-0.25, -0.2) is 0 Å². The Morgan fingerprint density at radius 1 is 1.10 bits per heavy atom. The second-order valence-electron chi connectivity index (χ2n) is 7.57. The summed E-state index contributed by atoms with van der Waals surface area (Å²) in [7, 11) is 0. The van der Waals surface area contributed by atoms with Crippen LogP contribution in [0.1, 0.15) is 46.6 Å². The summed E-state index contributed by atoms with van der Waals surface area (Å²) in [6, 6.07) is 8.76. The maximum atomic E-state index is 9.86. The van der Waals surface area contributed by atoms with Crippen molar-refractivity contribution in [1.82, 2.24) is 9.88 Å². The van der Waals surface area contributed by atoms with Crippen molar-refractivity contribution in [3.63, 3.8) is 0 Å². The first-order chi connectivity index (χ1) is 9.64. The van der Waals surface area contributed by atoms with Crippen LogP contribution in [0.3, 0.4) is 0 Å². The molecule has 0 aliphatic rings. The number of fused-ring (bicyclic) bond motifs is 1. The number of nitrogens with zero attached hydrogens (tertiary/aromatic N) is 1. The van der Waals surface area contributed by atoms with Crippen molar-refractivity contribution in [3.8, 4) is 0 Å². The third-order valence-electron chi connectivity index (χ3n) is 3.62. The average molecular weight is 288 g/mol. The number of benzene rings is 1. The molecule has 0 aliphatic carbocycles. The lowest BCUT2D eigenvalue weighted by molar-refractivity contribution is 0.0666. The molecule has 0 aliphatic heterocycles. The first-order valence-corrected chi connectivity index (χ1v) is 7.69. The molecule has 0 unspecified atom stereocenters. The predicted octanol–water partition coefficient (Wildman–Crippen LogP) is 3.69. The topological polar surface area (TPSA) is 37.2 Å². The quantitative estimate of drug-likeness (QED) is 0.880. The standard InChI is InChI=1S/C18H28N2O/c1-17(2,3)19-13-14-6-7-16-15(12-14)8-10-20(16)11-9-18(4,5)21/h6-8,10,12,19,21H,9,11,13H2,1-5H3. The van der Waals surface area contributed by atoms with Crippen molar-refractivity contribution in [1.29, 1.82) is 0 Å². The van der Waals surface area contributed by atoms with E-state index in [9.17, 15) is 5.11 Å². The first kappa shape index (κ1) is 16.1. The summed E-state index contributed by atoms with van der Waals surface area (Å²) in [4.78, 5) is 0. The van der Waals surface area contributed by atoms with Crippen molar-refractivity contribution >= 4 is 10.9 Å². The van der Waals surface area contributed by atoms with E-state index < -0.39 is 5.60 Å². The maximum Gasteiger partial charge on any atom is 0.0608 e. The molecule has 0 fully saturated rings. The zero-order valence-corrected chi connectivity index (χ0v) is 13.9. The van der Waals surface area contributed by atoms with Crippen molar-refractivity contribution in [3.05, 3.63) is 36.0 Å². The maximum absolute atomic E-state index is 9.86. The molecule has 2 N–H and O–H groups in total. The number of hydrogen-bond donors (Lipinski definition) is 2. The van der Waals surface area contributed by atoms with E-state index in [1.54, 1.807) is 0 Å². The largest absolute Gasteiger partial charge is 0.390 e. The Balaban J connectivity index is 2.11. The van der Waals surface area contributed by atoms with Gasteiger partial charge in [-0.3, -0.25) is 0 Å². The van der Waals surface area contributed by atoms with Crippen LogP contribution in [0.2, 0.25) is 0 Å². The average Bonchev–Trinajstić information content (AvgIpc) is 2.74. The summed E-state index contributed by atoms with van der Waals surface area (Å²) in [6.45, 7) is 12.0. The van der Waals surface area contributed by atoms with Gasteiger partial charge in [0.1, 0.15) is 0 Å². The van der Waals surface area contributed by atoms with Crippen LogP contribution < -0.4 is 5.32 Å². The van der Waals surface area contributed by atoms with Gasteiger partial charge in [-0.2, -0.15) is 0 Å². The van der Waals surface area contributed by atoms with Gasteiger partial charge < -0.3 is 15.0 Å². The molecular formula is C18H28N2O. The minimum absolute atomic E-state index is 0.133. The number of aryl methyl sites for hydroxylation is 1. The number of rotatable bonds is 5. The van der Waals surface area contributed by atoms with Crippen LogP contribution in [0.15, 0.2) is 30.5 Å². The lowest BCUT2D eigenvalue weighted by Gasteiger charge is -2.20. The minimum Gasteiger partial charge on any atom is -0.390 e. The molecule has 21 heavy (non-hydrogen) atoms. The zero-order valence-electron chi connectivity index (χ0n) is 13.9. The van der Waals surface area contributed by atoms with E-state index in [-0.39, 0.29) is 5.54 Å². The van der Waals surface area contributed by atoms with Crippen molar-refractivity contribution in [2.75, 3.05) is 0 Å². The normalized spacial score (nSPS) is 13.0. The van der Waals surface area contributed by atoms with Crippen molar-refractivity contribution in [2.24, 2.45) is 0 Å². The number of aromatic nitrogens is 1. The Morgan fingerprint density at radius 3 is 2.43 bits per heavy atom. The molecule has 0 spiro atoms. The van der Waals surface area contributed by atoms with Gasteiger partial charge in [0, 0.05) is 30.3 Å². The highest BCUT2D eigenvalue weighted by molar-refractivity contribution is 5.80. The number of nitrogens with one attached hydrogen (secondary N) is 1. The Kier molecular flexibility index (Phi) is 4.45. The fourth-order valence-electron chi connectivity index (χ4n) is 2.32. The summed E-state index contributed by atoms with van der Waals surface area (Å²) in [6.07, 6.45) is 2.86. The predicted molar refractivity (Wildman–Crippen MR) is 89.4 cm³/mol. The van der Waals surface area contributed by atoms with Crippen molar-refractivity contribution < 1.29 is 5.11 Å². The monoisotopic (exact) mass is 288 g/mol. The Bertz CT molecular complexity index is 600. The first-order valence-electron chi connectivity index (χ1n) is 7.69. The highest BCUT2D eigenvalue weighted by Gasteiger charge is 2.13. The van der Waals surface area contributed by atoms with Gasteiger partial charge in [0.05, 0.1) is 5.60 Å². The SMILES string of the molecule is CC(C)(O)CCn1ccc2cc(CNC(C)(C)C)ccc21. The van der Waals surface area contributed by atoms with Crippen LogP contribution in [0.5, 0.6) is 0 Å². The van der Waals surface area contributed by atoms with Gasteiger partial charge in [0.15, 0.2) is 0 Å². The second-order valence-corrected chi connectivity index (χ2v) is 7.57. The summed E-state index contributed by atoms with van der Waals surface area (Å²) >= 11 is 0. The Hall–Kier alpha value is -1.32. The molecule has 2 aromatic rings.